The first-order valence-electron chi connectivity index (χ1n) is 5.89. The average molecular weight is 234 g/mol. The third kappa shape index (κ3) is 4.81. The molecule has 1 aromatic rings. The third-order valence-electron chi connectivity index (χ3n) is 2.35. The summed E-state index contributed by atoms with van der Waals surface area (Å²) >= 11 is 0. The minimum Gasteiger partial charge on any atom is -0.494 e. The van der Waals surface area contributed by atoms with Crippen LogP contribution in [-0.2, 0) is 4.79 Å². The first-order chi connectivity index (χ1) is 8.13. The van der Waals surface area contributed by atoms with E-state index in [4.69, 9.17) is 4.74 Å². The zero-order valence-corrected chi connectivity index (χ0v) is 10.4. The molecule has 1 rings (SSSR count). The molecule has 0 spiro atoms. The first-order valence-corrected chi connectivity index (χ1v) is 5.89. The molecule has 92 valence electrons. The van der Waals surface area contributed by atoms with Crippen LogP contribution in [0.2, 0.25) is 0 Å². The fraction of sp³-hybridized carbons (Fsp3) is 0.429. The summed E-state index contributed by atoms with van der Waals surface area (Å²) < 4.78 is 5.48. The van der Waals surface area contributed by atoms with Gasteiger partial charge in [0.25, 0.3) is 0 Å². The maximum atomic E-state index is 11.6. The topological polar surface area (TPSA) is 43.4 Å². The van der Waals surface area contributed by atoms with Crippen LogP contribution in [0.1, 0.15) is 43.5 Å². The predicted molar refractivity (Wildman–Crippen MR) is 66.5 cm³/mol. The zero-order chi connectivity index (χ0) is 12.7. The summed E-state index contributed by atoms with van der Waals surface area (Å²) in [5.74, 6) is 0.508. The minimum absolute atomic E-state index is 0.0317. The van der Waals surface area contributed by atoms with E-state index in [1.165, 1.54) is 6.92 Å². The molecule has 0 aliphatic rings. The monoisotopic (exact) mass is 234 g/mol. The molecule has 17 heavy (non-hydrogen) atoms. The average Bonchev–Trinajstić information content (AvgIpc) is 2.29. The molecule has 0 saturated carbocycles. The second-order valence-electron chi connectivity index (χ2n) is 4.03. The van der Waals surface area contributed by atoms with Crippen molar-refractivity contribution in [2.75, 3.05) is 6.61 Å². The van der Waals surface area contributed by atoms with Crippen molar-refractivity contribution in [2.45, 2.75) is 33.1 Å². The fourth-order valence-corrected chi connectivity index (χ4v) is 1.40. The van der Waals surface area contributed by atoms with Crippen molar-refractivity contribution < 1.29 is 14.3 Å². The second-order valence-corrected chi connectivity index (χ2v) is 4.03. The molecule has 1 aromatic carbocycles. The molecule has 0 aliphatic heterocycles. The molecule has 0 N–H and O–H groups in total. The van der Waals surface area contributed by atoms with E-state index in [0.717, 1.165) is 18.6 Å². The number of unbranched alkanes of at least 4 members (excludes halogenated alkanes) is 1. The van der Waals surface area contributed by atoms with Gasteiger partial charge in [-0.3, -0.25) is 9.59 Å². The van der Waals surface area contributed by atoms with Crippen LogP contribution in [0.5, 0.6) is 5.75 Å². The van der Waals surface area contributed by atoms with E-state index in [9.17, 15) is 9.59 Å². The summed E-state index contributed by atoms with van der Waals surface area (Å²) in [6.45, 7) is 4.21. The van der Waals surface area contributed by atoms with E-state index < -0.39 is 0 Å². The number of ether oxygens (including phenoxy) is 1. The standard InChI is InChI=1S/C14H18O3/c1-3-4-9-17-13-7-5-12(6-8-13)14(16)10-11(2)15/h5-8H,3-4,9-10H2,1-2H3. The SMILES string of the molecule is CCCCOc1ccc(C(=O)CC(C)=O)cc1. The number of hydrogen-bond donors (Lipinski definition) is 0. The van der Waals surface area contributed by atoms with Gasteiger partial charge in [0.05, 0.1) is 13.0 Å². The number of ketones is 2. The van der Waals surface area contributed by atoms with Crippen molar-refractivity contribution in [1.29, 1.82) is 0 Å². The van der Waals surface area contributed by atoms with Crippen molar-refractivity contribution in [3.8, 4) is 5.75 Å². The van der Waals surface area contributed by atoms with E-state index in [2.05, 4.69) is 6.92 Å². The molecule has 0 aromatic heterocycles. The lowest BCUT2D eigenvalue weighted by Crippen LogP contribution is -2.04. The van der Waals surface area contributed by atoms with Crippen LogP contribution in [0.15, 0.2) is 24.3 Å². The Hall–Kier alpha value is -1.64. The first kappa shape index (κ1) is 13.4. The van der Waals surface area contributed by atoms with Crippen LogP contribution in [0.3, 0.4) is 0 Å². The maximum Gasteiger partial charge on any atom is 0.170 e. The summed E-state index contributed by atoms with van der Waals surface area (Å²) in [5, 5.41) is 0. The van der Waals surface area contributed by atoms with Crippen LogP contribution in [-0.4, -0.2) is 18.2 Å². The number of benzene rings is 1. The molecule has 0 unspecified atom stereocenters. The van der Waals surface area contributed by atoms with Crippen LogP contribution >= 0.6 is 0 Å². The Labute approximate surface area is 102 Å². The number of carbonyl (C=O) groups is 2. The number of rotatable bonds is 7. The lowest BCUT2D eigenvalue weighted by atomic mass is 10.1. The van der Waals surface area contributed by atoms with Gasteiger partial charge < -0.3 is 4.74 Å². The van der Waals surface area contributed by atoms with Crippen LogP contribution < -0.4 is 4.74 Å². The summed E-state index contributed by atoms with van der Waals surface area (Å²) in [6, 6.07) is 6.94. The van der Waals surface area contributed by atoms with Gasteiger partial charge in [-0.25, -0.2) is 0 Å². The van der Waals surface area contributed by atoms with Gasteiger partial charge in [-0.05, 0) is 37.6 Å². The van der Waals surface area contributed by atoms with Gasteiger partial charge in [0.2, 0.25) is 0 Å². The normalized spacial score (nSPS) is 10.0. The van der Waals surface area contributed by atoms with Gasteiger partial charge in [-0.15, -0.1) is 0 Å². The highest BCUT2D eigenvalue weighted by Gasteiger charge is 2.08. The smallest absolute Gasteiger partial charge is 0.170 e. The Morgan fingerprint density at radius 1 is 1.18 bits per heavy atom. The van der Waals surface area contributed by atoms with Crippen LogP contribution in [0, 0.1) is 0 Å². The Balaban J connectivity index is 2.55. The number of Topliss-reactive ketones (excluding diaryl/α,β-unsaturated/α-hetero) is 2. The molecule has 3 nitrogen and oxygen atoms in total. The lowest BCUT2D eigenvalue weighted by molar-refractivity contribution is -0.116. The maximum absolute atomic E-state index is 11.6. The molecule has 0 heterocycles. The highest BCUT2D eigenvalue weighted by Crippen LogP contribution is 2.14. The fourth-order valence-electron chi connectivity index (χ4n) is 1.40. The summed E-state index contributed by atoms with van der Waals surface area (Å²) in [4.78, 5) is 22.4. The minimum atomic E-state index is -0.141. The molecule has 0 bridgehead atoms. The van der Waals surface area contributed by atoms with Crippen LogP contribution in [0.25, 0.3) is 0 Å². The Morgan fingerprint density at radius 2 is 1.82 bits per heavy atom. The summed E-state index contributed by atoms with van der Waals surface area (Å²) in [5.41, 5.74) is 0.558. The van der Waals surface area contributed by atoms with Crippen molar-refractivity contribution >= 4 is 11.6 Å². The van der Waals surface area contributed by atoms with E-state index in [1.54, 1.807) is 24.3 Å². The molecule has 0 amide bonds. The summed E-state index contributed by atoms with van der Waals surface area (Å²) in [7, 11) is 0. The van der Waals surface area contributed by atoms with Gasteiger partial charge >= 0.3 is 0 Å². The molecular formula is C14H18O3. The Morgan fingerprint density at radius 3 is 2.35 bits per heavy atom. The molecule has 0 radical (unpaired) electrons. The largest absolute Gasteiger partial charge is 0.494 e. The van der Waals surface area contributed by atoms with E-state index in [1.807, 2.05) is 0 Å². The van der Waals surface area contributed by atoms with Crippen molar-refractivity contribution in [3.63, 3.8) is 0 Å². The molecule has 0 atom stereocenters. The lowest BCUT2D eigenvalue weighted by Gasteiger charge is -2.05. The van der Waals surface area contributed by atoms with Crippen LogP contribution in [0.4, 0.5) is 0 Å². The number of hydrogen-bond acceptors (Lipinski definition) is 3. The van der Waals surface area contributed by atoms with Gasteiger partial charge in [0, 0.05) is 5.56 Å². The van der Waals surface area contributed by atoms with E-state index in [-0.39, 0.29) is 18.0 Å². The highest BCUT2D eigenvalue weighted by atomic mass is 16.5. The van der Waals surface area contributed by atoms with E-state index >= 15 is 0 Å². The second kappa shape index (κ2) is 6.84. The van der Waals surface area contributed by atoms with Crippen molar-refractivity contribution in [1.82, 2.24) is 0 Å². The molecule has 0 saturated heterocycles. The number of carbonyl (C=O) groups excluding carboxylic acids is 2. The summed E-state index contributed by atoms with van der Waals surface area (Å²) in [6.07, 6.45) is 2.08. The van der Waals surface area contributed by atoms with Gasteiger partial charge in [-0.2, -0.15) is 0 Å². The predicted octanol–water partition coefficient (Wildman–Crippen LogP) is 3.03. The Kier molecular flexibility index (Phi) is 5.40. The van der Waals surface area contributed by atoms with E-state index in [0.29, 0.717) is 12.2 Å². The van der Waals surface area contributed by atoms with Crippen molar-refractivity contribution in [2.24, 2.45) is 0 Å². The zero-order valence-electron chi connectivity index (χ0n) is 10.4. The molecule has 0 fully saturated rings. The van der Waals surface area contributed by atoms with Gasteiger partial charge in [0.15, 0.2) is 5.78 Å². The third-order valence-corrected chi connectivity index (χ3v) is 2.35. The quantitative estimate of drug-likeness (QED) is 0.414. The van der Waals surface area contributed by atoms with Gasteiger partial charge in [0.1, 0.15) is 11.5 Å². The highest BCUT2D eigenvalue weighted by molar-refractivity contribution is 6.07. The van der Waals surface area contributed by atoms with Crippen molar-refractivity contribution in [3.05, 3.63) is 29.8 Å². The molecule has 3 heteroatoms. The molecular weight excluding hydrogens is 216 g/mol. The molecule has 0 aliphatic carbocycles. The van der Waals surface area contributed by atoms with Gasteiger partial charge in [-0.1, -0.05) is 13.3 Å². The Bertz CT molecular complexity index is 379.